The smallest absolute Gasteiger partial charge is 0.264 e. The largest absolute Gasteiger partial charge is 0.381 e. The van der Waals surface area contributed by atoms with E-state index in [0.717, 1.165) is 41.4 Å². The van der Waals surface area contributed by atoms with Crippen molar-refractivity contribution in [1.29, 1.82) is 0 Å². The van der Waals surface area contributed by atoms with Gasteiger partial charge in [0.2, 0.25) is 0 Å². The number of aromatic nitrogens is 2. The standard InChI is InChI=1S/C32H38F2N4O3/c1-6-22(32(40)36(4)7-2)23-16-21-9-8-12-38(27(21)17-24(23)29(33)34)30-25-15-19(3)31(39)37(5)28(25)18-26(35-30)20-10-13-41-14-11-20/h6,15-18,20,29H,7-14H2,1-5H3/b22-6-. The molecule has 7 nitrogen and oxygen atoms in total. The SMILES string of the molecule is C/C=C(\C(=O)N(C)CC)c1cc2c(cc1C(F)F)N(c1nc(C3CCOCC3)cc3c1cc(C)c(=O)n3C)CCC2. The molecule has 2 aromatic heterocycles. The molecular formula is C32H38F2N4O3. The van der Waals surface area contributed by atoms with Gasteiger partial charge in [-0.15, -0.1) is 0 Å². The lowest BCUT2D eigenvalue weighted by atomic mass is 9.90. The van der Waals surface area contributed by atoms with E-state index in [0.29, 0.717) is 49.8 Å². The number of alkyl halides is 2. The van der Waals surface area contributed by atoms with Gasteiger partial charge in [0.1, 0.15) is 5.82 Å². The zero-order valence-electron chi connectivity index (χ0n) is 24.5. The second kappa shape index (κ2) is 11.7. The minimum atomic E-state index is -2.77. The maximum atomic E-state index is 14.6. The van der Waals surface area contributed by atoms with Crippen LogP contribution in [-0.2, 0) is 23.0 Å². The summed E-state index contributed by atoms with van der Waals surface area (Å²) in [6.07, 6.45) is 2.02. The highest BCUT2D eigenvalue weighted by Crippen LogP contribution is 2.42. The number of carbonyl (C=O) groups excluding carboxylic acids is 1. The third-order valence-corrected chi connectivity index (χ3v) is 8.53. The molecule has 0 aliphatic carbocycles. The minimum absolute atomic E-state index is 0.0724. The molecule has 218 valence electrons. The lowest BCUT2D eigenvalue weighted by Gasteiger charge is -2.34. The summed E-state index contributed by atoms with van der Waals surface area (Å²) in [7, 11) is 3.44. The molecule has 1 saturated heterocycles. The van der Waals surface area contributed by atoms with Gasteiger partial charge in [-0.3, -0.25) is 9.59 Å². The number of amides is 1. The molecular weight excluding hydrogens is 526 g/mol. The quantitative estimate of drug-likeness (QED) is 0.342. The van der Waals surface area contributed by atoms with Gasteiger partial charge in [0, 0.05) is 79.8 Å². The van der Waals surface area contributed by atoms with E-state index in [1.165, 1.54) is 4.90 Å². The van der Waals surface area contributed by atoms with E-state index >= 15 is 0 Å². The first-order chi connectivity index (χ1) is 19.7. The predicted octanol–water partition coefficient (Wildman–Crippen LogP) is 6.04. The molecule has 1 aromatic carbocycles. The summed E-state index contributed by atoms with van der Waals surface area (Å²) in [5, 5.41) is 0.810. The lowest BCUT2D eigenvalue weighted by molar-refractivity contribution is -0.123. The summed E-state index contributed by atoms with van der Waals surface area (Å²) in [5.74, 6) is 0.577. The van der Waals surface area contributed by atoms with E-state index in [1.807, 2.05) is 24.0 Å². The topological polar surface area (TPSA) is 67.7 Å². The predicted molar refractivity (Wildman–Crippen MR) is 158 cm³/mol. The molecule has 4 heterocycles. The molecule has 0 unspecified atom stereocenters. The summed E-state index contributed by atoms with van der Waals surface area (Å²) in [6.45, 7) is 7.73. The number of rotatable bonds is 6. The van der Waals surface area contributed by atoms with E-state index in [4.69, 9.17) is 9.72 Å². The molecule has 5 rings (SSSR count). The molecule has 1 fully saturated rings. The van der Waals surface area contributed by atoms with Crippen LogP contribution < -0.4 is 10.5 Å². The Balaban J connectivity index is 1.72. The van der Waals surface area contributed by atoms with Crippen LogP contribution in [0.15, 0.2) is 35.1 Å². The lowest BCUT2D eigenvalue weighted by Crippen LogP contribution is -2.29. The molecule has 0 atom stereocenters. The van der Waals surface area contributed by atoms with E-state index in [-0.39, 0.29) is 34.1 Å². The summed E-state index contributed by atoms with van der Waals surface area (Å²) >= 11 is 0. The van der Waals surface area contributed by atoms with Crippen molar-refractivity contribution in [3.05, 3.63) is 68.6 Å². The Hall–Kier alpha value is -3.59. The van der Waals surface area contributed by atoms with Crippen molar-refractivity contribution in [2.75, 3.05) is 38.3 Å². The number of nitrogens with zero attached hydrogens (tertiary/aromatic N) is 4. The van der Waals surface area contributed by atoms with Gasteiger partial charge in [-0.25, -0.2) is 13.8 Å². The van der Waals surface area contributed by atoms with Gasteiger partial charge in [-0.2, -0.15) is 0 Å². The number of aryl methyl sites for hydroxylation is 3. The molecule has 0 radical (unpaired) electrons. The molecule has 0 saturated carbocycles. The van der Waals surface area contributed by atoms with Crippen LogP contribution in [0.2, 0.25) is 0 Å². The van der Waals surface area contributed by atoms with Gasteiger partial charge in [0.15, 0.2) is 0 Å². The fraction of sp³-hybridized carbons (Fsp3) is 0.469. The summed E-state index contributed by atoms with van der Waals surface area (Å²) in [4.78, 5) is 34.8. The number of hydrogen-bond donors (Lipinski definition) is 0. The number of halogens is 2. The van der Waals surface area contributed by atoms with Gasteiger partial charge >= 0.3 is 0 Å². The number of benzene rings is 1. The monoisotopic (exact) mass is 564 g/mol. The normalized spacial score (nSPS) is 16.4. The maximum Gasteiger partial charge on any atom is 0.264 e. The van der Waals surface area contributed by atoms with Crippen LogP contribution >= 0.6 is 0 Å². The zero-order chi connectivity index (χ0) is 29.4. The number of allylic oxidation sites excluding steroid dienone is 1. The maximum absolute atomic E-state index is 14.6. The molecule has 0 spiro atoms. The van der Waals surface area contributed by atoms with E-state index in [1.54, 1.807) is 50.7 Å². The number of anilines is 2. The third-order valence-electron chi connectivity index (χ3n) is 8.53. The minimum Gasteiger partial charge on any atom is -0.381 e. The van der Waals surface area contributed by atoms with Crippen LogP contribution in [0.5, 0.6) is 0 Å². The van der Waals surface area contributed by atoms with Gasteiger partial charge in [-0.1, -0.05) is 6.08 Å². The number of pyridine rings is 2. The number of carbonyl (C=O) groups is 1. The van der Waals surface area contributed by atoms with E-state index < -0.39 is 6.43 Å². The van der Waals surface area contributed by atoms with Crippen molar-refractivity contribution in [2.45, 2.75) is 58.8 Å². The zero-order valence-corrected chi connectivity index (χ0v) is 24.5. The average Bonchev–Trinajstić information content (AvgIpc) is 2.99. The molecule has 9 heteroatoms. The highest BCUT2D eigenvalue weighted by Gasteiger charge is 2.30. The Morgan fingerprint density at radius 3 is 2.61 bits per heavy atom. The molecule has 2 aliphatic rings. The second-order valence-corrected chi connectivity index (χ2v) is 11.0. The Morgan fingerprint density at radius 1 is 1.22 bits per heavy atom. The van der Waals surface area contributed by atoms with Crippen molar-refractivity contribution >= 4 is 33.9 Å². The average molecular weight is 565 g/mol. The third kappa shape index (κ3) is 5.27. The van der Waals surface area contributed by atoms with Crippen molar-refractivity contribution in [3.8, 4) is 0 Å². The molecule has 0 N–H and O–H groups in total. The highest BCUT2D eigenvalue weighted by molar-refractivity contribution is 6.19. The Bertz CT molecular complexity index is 1570. The van der Waals surface area contributed by atoms with Crippen molar-refractivity contribution in [2.24, 2.45) is 7.05 Å². The van der Waals surface area contributed by atoms with Crippen LogP contribution in [0.3, 0.4) is 0 Å². The van der Waals surface area contributed by atoms with Crippen LogP contribution in [0.4, 0.5) is 20.3 Å². The van der Waals surface area contributed by atoms with Crippen LogP contribution in [0.1, 0.15) is 73.4 Å². The number of ether oxygens (including phenoxy) is 1. The number of hydrogen-bond acceptors (Lipinski definition) is 5. The first-order valence-corrected chi connectivity index (χ1v) is 14.4. The van der Waals surface area contributed by atoms with Crippen LogP contribution in [0.25, 0.3) is 16.5 Å². The molecule has 1 amide bonds. The summed E-state index contributed by atoms with van der Waals surface area (Å²) < 4.78 is 36.5. The Labute approximate surface area is 239 Å². The Kier molecular flexibility index (Phi) is 8.27. The number of likely N-dealkylation sites (N-methyl/N-ethyl adjacent to an activating group) is 1. The van der Waals surface area contributed by atoms with Gasteiger partial charge < -0.3 is 19.1 Å². The molecule has 0 bridgehead atoms. The Morgan fingerprint density at radius 2 is 1.95 bits per heavy atom. The summed E-state index contributed by atoms with van der Waals surface area (Å²) in [6, 6.07) is 7.18. The summed E-state index contributed by atoms with van der Waals surface area (Å²) in [5.41, 5.74) is 4.14. The fourth-order valence-corrected chi connectivity index (χ4v) is 6.05. The first-order valence-electron chi connectivity index (χ1n) is 14.4. The van der Waals surface area contributed by atoms with E-state index in [9.17, 15) is 18.4 Å². The van der Waals surface area contributed by atoms with Crippen molar-refractivity contribution in [1.82, 2.24) is 14.5 Å². The fourth-order valence-electron chi connectivity index (χ4n) is 6.05. The first kappa shape index (κ1) is 28.9. The second-order valence-electron chi connectivity index (χ2n) is 11.0. The van der Waals surface area contributed by atoms with E-state index in [2.05, 4.69) is 0 Å². The van der Waals surface area contributed by atoms with Crippen molar-refractivity contribution in [3.63, 3.8) is 0 Å². The van der Waals surface area contributed by atoms with Crippen molar-refractivity contribution < 1.29 is 18.3 Å². The van der Waals surface area contributed by atoms with Crippen LogP contribution in [-0.4, -0.2) is 53.7 Å². The van der Waals surface area contributed by atoms with Gasteiger partial charge in [-0.05, 0) is 81.8 Å². The van der Waals surface area contributed by atoms with Crippen LogP contribution in [0, 0.1) is 6.92 Å². The molecule has 3 aromatic rings. The molecule has 41 heavy (non-hydrogen) atoms. The highest BCUT2D eigenvalue weighted by atomic mass is 19.3. The number of fused-ring (bicyclic) bond motifs is 2. The van der Waals surface area contributed by atoms with Gasteiger partial charge in [0.05, 0.1) is 5.52 Å². The van der Waals surface area contributed by atoms with Gasteiger partial charge in [0.25, 0.3) is 17.9 Å². The molecule has 2 aliphatic heterocycles.